The SMILES string of the molecule is COc1cncc(N(CCBr)C2CCC2)n1. The molecule has 1 aliphatic rings. The van der Waals surface area contributed by atoms with Crippen LogP contribution >= 0.6 is 15.9 Å². The highest BCUT2D eigenvalue weighted by atomic mass is 79.9. The van der Waals surface area contributed by atoms with Crippen molar-refractivity contribution in [3.63, 3.8) is 0 Å². The number of rotatable bonds is 5. The van der Waals surface area contributed by atoms with Gasteiger partial charge in [-0.15, -0.1) is 0 Å². The normalized spacial score (nSPS) is 15.6. The van der Waals surface area contributed by atoms with Gasteiger partial charge in [0.2, 0.25) is 5.88 Å². The number of alkyl halides is 1. The fourth-order valence-electron chi connectivity index (χ4n) is 1.85. The molecule has 0 saturated heterocycles. The minimum Gasteiger partial charge on any atom is -0.480 e. The van der Waals surface area contributed by atoms with E-state index in [0.717, 1.165) is 17.7 Å². The molecular weight excluding hydrogens is 270 g/mol. The van der Waals surface area contributed by atoms with E-state index in [4.69, 9.17) is 4.74 Å². The minimum atomic E-state index is 0.580. The van der Waals surface area contributed by atoms with E-state index >= 15 is 0 Å². The van der Waals surface area contributed by atoms with Crippen LogP contribution in [0.4, 0.5) is 5.82 Å². The third-order valence-corrected chi connectivity index (χ3v) is 3.30. The second-order valence-electron chi connectivity index (χ2n) is 3.89. The largest absolute Gasteiger partial charge is 0.480 e. The van der Waals surface area contributed by atoms with Gasteiger partial charge in [0.25, 0.3) is 0 Å². The minimum absolute atomic E-state index is 0.580. The molecule has 88 valence electrons. The Morgan fingerprint density at radius 3 is 2.88 bits per heavy atom. The highest BCUT2D eigenvalue weighted by Gasteiger charge is 2.25. The second kappa shape index (κ2) is 5.48. The van der Waals surface area contributed by atoms with Gasteiger partial charge < -0.3 is 9.64 Å². The van der Waals surface area contributed by atoms with Gasteiger partial charge >= 0.3 is 0 Å². The predicted octanol–water partition coefficient (Wildman–Crippen LogP) is 2.24. The van der Waals surface area contributed by atoms with Crippen molar-refractivity contribution in [3.8, 4) is 5.88 Å². The number of hydrogen-bond acceptors (Lipinski definition) is 4. The standard InChI is InChI=1S/C11H16BrN3O/c1-16-11-8-13-7-10(14-11)15(6-5-12)9-3-2-4-9/h7-9H,2-6H2,1H3. The van der Waals surface area contributed by atoms with Crippen molar-refractivity contribution >= 4 is 21.7 Å². The van der Waals surface area contributed by atoms with Crippen LogP contribution in [0.1, 0.15) is 19.3 Å². The first-order chi connectivity index (χ1) is 7.85. The van der Waals surface area contributed by atoms with Gasteiger partial charge in [0.1, 0.15) is 0 Å². The van der Waals surface area contributed by atoms with E-state index in [0.29, 0.717) is 11.9 Å². The first kappa shape index (κ1) is 11.6. The smallest absolute Gasteiger partial charge is 0.233 e. The van der Waals surface area contributed by atoms with E-state index in [1.165, 1.54) is 19.3 Å². The van der Waals surface area contributed by atoms with Gasteiger partial charge in [-0.2, -0.15) is 4.98 Å². The maximum Gasteiger partial charge on any atom is 0.233 e. The number of ether oxygens (including phenoxy) is 1. The number of nitrogens with zero attached hydrogens (tertiary/aromatic N) is 3. The van der Waals surface area contributed by atoms with Crippen LogP contribution < -0.4 is 9.64 Å². The second-order valence-corrected chi connectivity index (χ2v) is 4.68. The lowest BCUT2D eigenvalue weighted by atomic mass is 9.91. The Morgan fingerprint density at radius 2 is 2.31 bits per heavy atom. The molecule has 0 aromatic carbocycles. The molecule has 0 aliphatic heterocycles. The van der Waals surface area contributed by atoms with E-state index in [1.807, 2.05) is 6.20 Å². The average Bonchev–Trinajstić information content (AvgIpc) is 2.26. The van der Waals surface area contributed by atoms with Crippen molar-refractivity contribution in [1.29, 1.82) is 0 Å². The van der Waals surface area contributed by atoms with Crippen LogP contribution in [-0.4, -0.2) is 35.0 Å². The monoisotopic (exact) mass is 285 g/mol. The van der Waals surface area contributed by atoms with Gasteiger partial charge in [-0.05, 0) is 19.3 Å². The molecule has 2 rings (SSSR count). The van der Waals surface area contributed by atoms with Crippen molar-refractivity contribution in [1.82, 2.24) is 9.97 Å². The molecule has 16 heavy (non-hydrogen) atoms. The molecular formula is C11H16BrN3O. The molecule has 0 N–H and O–H groups in total. The summed E-state index contributed by atoms with van der Waals surface area (Å²) < 4.78 is 5.10. The number of anilines is 1. The van der Waals surface area contributed by atoms with Crippen LogP contribution in [0, 0.1) is 0 Å². The molecule has 1 fully saturated rings. The summed E-state index contributed by atoms with van der Waals surface area (Å²) in [5, 5.41) is 0.947. The number of methoxy groups -OCH3 is 1. The summed E-state index contributed by atoms with van der Waals surface area (Å²) in [7, 11) is 1.62. The summed E-state index contributed by atoms with van der Waals surface area (Å²) in [4.78, 5) is 10.9. The summed E-state index contributed by atoms with van der Waals surface area (Å²) in [6, 6.07) is 0.624. The van der Waals surface area contributed by atoms with Crippen molar-refractivity contribution in [2.45, 2.75) is 25.3 Å². The van der Waals surface area contributed by atoms with Crippen LogP contribution in [0.25, 0.3) is 0 Å². The molecule has 5 heteroatoms. The number of aromatic nitrogens is 2. The maximum absolute atomic E-state index is 5.10. The fourth-order valence-corrected chi connectivity index (χ4v) is 2.23. The number of halogens is 1. The Morgan fingerprint density at radius 1 is 1.50 bits per heavy atom. The number of hydrogen-bond donors (Lipinski definition) is 0. The highest BCUT2D eigenvalue weighted by Crippen LogP contribution is 2.28. The Bertz CT molecular complexity index is 344. The van der Waals surface area contributed by atoms with E-state index in [1.54, 1.807) is 13.3 Å². The topological polar surface area (TPSA) is 38.2 Å². The molecule has 0 radical (unpaired) electrons. The summed E-state index contributed by atoms with van der Waals surface area (Å²) >= 11 is 3.48. The molecule has 0 bridgehead atoms. The van der Waals surface area contributed by atoms with Gasteiger partial charge in [0.15, 0.2) is 5.82 Å². The van der Waals surface area contributed by atoms with Gasteiger partial charge in [-0.1, -0.05) is 15.9 Å². The van der Waals surface area contributed by atoms with Crippen molar-refractivity contribution in [2.24, 2.45) is 0 Å². The molecule has 0 unspecified atom stereocenters. The third kappa shape index (κ3) is 2.45. The maximum atomic E-state index is 5.10. The van der Waals surface area contributed by atoms with E-state index in [-0.39, 0.29) is 0 Å². The highest BCUT2D eigenvalue weighted by molar-refractivity contribution is 9.09. The Labute approximate surface area is 104 Å². The average molecular weight is 286 g/mol. The summed E-state index contributed by atoms with van der Waals surface area (Å²) in [5.41, 5.74) is 0. The zero-order chi connectivity index (χ0) is 11.4. The molecule has 4 nitrogen and oxygen atoms in total. The molecule has 1 heterocycles. The quantitative estimate of drug-likeness (QED) is 0.778. The molecule has 1 aromatic rings. The van der Waals surface area contributed by atoms with Crippen LogP contribution in [-0.2, 0) is 0 Å². The van der Waals surface area contributed by atoms with Crippen LogP contribution in [0.15, 0.2) is 12.4 Å². The Balaban J connectivity index is 2.16. The fraction of sp³-hybridized carbons (Fsp3) is 0.636. The van der Waals surface area contributed by atoms with E-state index in [9.17, 15) is 0 Å². The van der Waals surface area contributed by atoms with Crippen molar-refractivity contribution in [2.75, 3.05) is 23.9 Å². The van der Waals surface area contributed by atoms with Gasteiger partial charge in [0, 0.05) is 17.9 Å². The molecule has 1 aliphatic carbocycles. The lowest BCUT2D eigenvalue weighted by Gasteiger charge is -2.37. The van der Waals surface area contributed by atoms with Crippen LogP contribution in [0.3, 0.4) is 0 Å². The Hall–Kier alpha value is -0.840. The van der Waals surface area contributed by atoms with Crippen molar-refractivity contribution in [3.05, 3.63) is 12.4 Å². The Kier molecular flexibility index (Phi) is 3.98. The molecule has 1 aromatic heterocycles. The van der Waals surface area contributed by atoms with Gasteiger partial charge in [-0.25, -0.2) is 0 Å². The van der Waals surface area contributed by atoms with Crippen molar-refractivity contribution < 1.29 is 4.74 Å². The molecule has 0 amide bonds. The van der Waals surface area contributed by atoms with Crippen LogP contribution in [0.5, 0.6) is 5.88 Å². The van der Waals surface area contributed by atoms with Gasteiger partial charge in [0.05, 0.1) is 19.5 Å². The van der Waals surface area contributed by atoms with Gasteiger partial charge in [-0.3, -0.25) is 4.98 Å². The summed E-state index contributed by atoms with van der Waals surface area (Å²) in [6.07, 6.45) is 7.28. The first-order valence-electron chi connectivity index (χ1n) is 5.54. The van der Waals surface area contributed by atoms with E-state index < -0.39 is 0 Å². The predicted molar refractivity (Wildman–Crippen MR) is 67.4 cm³/mol. The molecule has 1 saturated carbocycles. The summed E-state index contributed by atoms with van der Waals surface area (Å²) in [5.74, 6) is 1.50. The molecule has 0 atom stereocenters. The zero-order valence-electron chi connectivity index (χ0n) is 9.40. The third-order valence-electron chi connectivity index (χ3n) is 2.94. The lowest BCUT2D eigenvalue weighted by Crippen LogP contribution is -2.42. The zero-order valence-corrected chi connectivity index (χ0v) is 11.0. The van der Waals surface area contributed by atoms with Crippen LogP contribution in [0.2, 0.25) is 0 Å². The summed E-state index contributed by atoms with van der Waals surface area (Å²) in [6.45, 7) is 0.965. The van der Waals surface area contributed by atoms with E-state index in [2.05, 4.69) is 30.8 Å². The lowest BCUT2D eigenvalue weighted by molar-refractivity contribution is 0.379. The molecule has 0 spiro atoms. The first-order valence-corrected chi connectivity index (χ1v) is 6.66.